The molecule has 0 aliphatic carbocycles. The Morgan fingerprint density at radius 3 is 2.29 bits per heavy atom. The summed E-state index contributed by atoms with van der Waals surface area (Å²) in [4.78, 5) is 18.1. The lowest BCUT2D eigenvalue weighted by molar-refractivity contribution is -0.147. The predicted octanol–water partition coefficient (Wildman–Crippen LogP) is 10.3. The number of aryl methyl sites for hydroxylation is 1. The molecule has 5 aromatic rings. The SMILES string of the molecule is Cc1c(COc2cc(OCc3cncc(C#N)c3)c(CCC(C)(C)C(=O)O)cc2Cl)cccc1-c1cccc(-c2ccc(CN(C)C)cc2)c1Br. The fraction of sp³-hybridized carbons (Fsp3) is 0.262. The number of hydrogen-bond donors (Lipinski definition) is 1. The number of halogens is 2. The summed E-state index contributed by atoms with van der Waals surface area (Å²) in [5, 5.41) is 19.4. The number of pyridine rings is 1. The van der Waals surface area contributed by atoms with Gasteiger partial charge in [0.05, 0.1) is 16.0 Å². The van der Waals surface area contributed by atoms with Crippen molar-refractivity contribution in [2.24, 2.45) is 5.41 Å². The summed E-state index contributed by atoms with van der Waals surface area (Å²) >= 11 is 10.7. The Labute approximate surface area is 313 Å². The van der Waals surface area contributed by atoms with Gasteiger partial charge in [0, 0.05) is 35.0 Å². The first-order chi connectivity index (χ1) is 24.4. The molecular formula is C42H41BrClN3O4. The van der Waals surface area contributed by atoms with Crippen LogP contribution in [-0.2, 0) is 31.0 Å². The maximum Gasteiger partial charge on any atom is 0.309 e. The van der Waals surface area contributed by atoms with Crippen LogP contribution < -0.4 is 9.47 Å². The maximum absolute atomic E-state index is 11.8. The van der Waals surface area contributed by atoms with Crippen molar-refractivity contribution in [3.8, 4) is 39.8 Å². The molecule has 0 atom stereocenters. The molecule has 262 valence electrons. The van der Waals surface area contributed by atoms with E-state index in [-0.39, 0.29) is 13.2 Å². The second-order valence-electron chi connectivity index (χ2n) is 13.5. The highest BCUT2D eigenvalue weighted by Crippen LogP contribution is 2.40. The molecule has 0 fully saturated rings. The second kappa shape index (κ2) is 16.6. The predicted molar refractivity (Wildman–Crippen MR) is 206 cm³/mol. The Kier molecular flexibility index (Phi) is 12.2. The first-order valence-electron chi connectivity index (χ1n) is 16.6. The number of aromatic nitrogens is 1. The van der Waals surface area contributed by atoms with E-state index in [9.17, 15) is 15.2 Å². The summed E-state index contributed by atoms with van der Waals surface area (Å²) in [5.74, 6) is 0.0995. The minimum absolute atomic E-state index is 0.161. The van der Waals surface area contributed by atoms with Gasteiger partial charge in [-0.05, 0) is 120 Å². The molecule has 7 nitrogen and oxygen atoms in total. The Morgan fingerprint density at radius 2 is 1.59 bits per heavy atom. The smallest absolute Gasteiger partial charge is 0.309 e. The van der Waals surface area contributed by atoms with Crippen molar-refractivity contribution < 1.29 is 19.4 Å². The van der Waals surface area contributed by atoms with E-state index >= 15 is 0 Å². The summed E-state index contributed by atoms with van der Waals surface area (Å²) in [6.45, 7) is 6.80. The molecule has 0 bridgehead atoms. The minimum Gasteiger partial charge on any atom is -0.488 e. The van der Waals surface area contributed by atoms with Crippen molar-refractivity contribution >= 4 is 33.5 Å². The van der Waals surface area contributed by atoms with Crippen LogP contribution in [0.1, 0.15) is 53.6 Å². The molecule has 0 saturated heterocycles. The molecule has 1 N–H and O–H groups in total. The second-order valence-corrected chi connectivity index (χ2v) is 14.7. The van der Waals surface area contributed by atoms with Crippen LogP contribution in [0.2, 0.25) is 5.02 Å². The van der Waals surface area contributed by atoms with Gasteiger partial charge in [0.15, 0.2) is 0 Å². The van der Waals surface area contributed by atoms with E-state index in [0.717, 1.165) is 55.5 Å². The maximum atomic E-state index is 11.8. The molecular weight excluding hydrogens is 726 g/mol. The van der Waals surface area contributed by atoms with Crippen molar-refractivity contribution in [2.45, 2.75) is 53.4 Å². The van der Waals surface area contributed by atoms with Crippen LogP contribution in [0, 0.1) is 23.7 Å². The Morgan fingerprint density at radius 1 is 0.902 bits per heavy atom. The summed E-state index contributed by atoms with van der Waals surface area (Å²) in [6, 6.07) is 28.6. The highest BCUT2D eigenvalue weighted by Gasteiger charge is 2.27. The van der Waals surface area contributed by atoms with Gasteiger partial charge in [-0.2, -0.15) is 5.26 Å². The van der Waals surface area contributed by atoms with Gasteiger partial charge in [0.1, 0.15) is 30.8 Å². The number of rotatable bonds is 14. The molecule has 0 saturated carbocycles. The molecule has 51 heavy (non-hydrogen) atoms. The number of carboxylic acids is 1. The van der Waals surface area contributed by atoms with Crippen molar-refractivity contribution in [3.05, 3.63) is 134 Å². The van der Waals surface area contributed by atoms with Gasteiger partial charge in [-0.15, -0.1) is 0 Å². The van der Waals surface area contributed by atoms with E-state index in [2.05, 4.69) is 101 Å². The molecule has 0 spiro atoms. The molecule has 0 unspecified atom stereocenters. The lowest BCUT2D eigenvalue weighted by atomic mass is 9.86. The van der Waals surface area contributed by atoms with Crippen molar-refractivity contribution in [2.75, 3.05) is 14.1 Å². The van der Waals surface area contributed by atoms with E-state index in [0.29, 0.717) is 34.9 Å². The zero-order valence-corrected chi connectivity index (χ0v) is 31.8. The van der Waals surface area contributed by atoms with Crippen molar-refractivity contribution in [3.63, 3.8) is 0 Å². The number of nitriles is 1. The van der Waals surface area contributed by atoms with Gasteiger partial charge in [-0.1, -0.05) is 72.3 Å². The van der Waals surface area contributed by atoms with Crippen molar-refractivity contribution in [1.29, 1.82) is 5.26 Å². The average molecular weight is 767 g/mol. The van der Waals surface area contributed by atoms with Crippen LogP contribution in [0.3, 0.4) is 0 Å². The number of hydrogen-bond acceptors (Lipinski definition) is 6. The number of nitrogens with zero attached hydrogens (tertiary/aromatic N) is 3. The zero-order valence-electron chi connectivity index (χ0n) is 29.5. The molecule has 5 rings (SSSR count). The summed E-state index contributed by atoms with van der Waals surface area (Å²) in [7, 11) is 4.13. The number of ether oxygens (including phenoxy) is 2. The number of aliphatic carboxylic acids is 1. The van der Waals surface area contributed by atoms with Crippen LogP contribution in [0.4, 0.5) is 0 Å². The van der Waals surface area contributed by atoms with Crippen LogP contribution >= 0.6 is 27.5 Å². The first-order valence-corrected chi connectivity index (χ1v) is 17.8. The van der Waals surface area contributed by atoms with E-state index in [1.54, 1.807) is 38.2 Å². The third-order valence-electron chi connectivity index (χ3n) is 8.91. The fourth-order valence-electron chi connectivity index (χ4n) is 5.76. The Balaban J connectivity index is 1.40. The van der Waals surface area contributed by atoms with Gasteiger partial charge < -0.3 is 19.5 Å². The van der Waals surface area contributed by atoms with Crippen LogP contribution in [-0.4, -0.2) is 35.1 Å². The Bertz CT molecular complexity index is 2070. The summed E-state index contributed by atoms with van der Waals surface area (Å²) < 4.78 is 13.6. The van der Waals surface area contributed by atoms with E-state index < -0.39 is 11.4 Å². The molecule has 0 amide bonds. The lowest BCUT2D eigenvalue weighted by Gasteiger charge is -2.21. The average Bonchev–Trinajstić information content (AvgIpc) is 3.10. The normalized spacial score (nSPS) is 11.4. The molecule has 4 aromatic carbocycles. The minimum atomic E-state index is -0.933. The lowest BCUT2D eigenvalue weighted by Crippen LogP contribution is -2.24. The van der Waals surface area contributed by atoms with Gasteiger partial charge in [0.25, 0.3) is 0 Å². The van der Waals surface area contributed by atoms with E-state index in [4.69, 9.17) is 21.1 Å². The quantitative estimate of drug-likeness (QED) is 0.120. The topological polar surface area (TPSA) is 95.7 Å². The monoisotopic (exact) mass is 765 g/mol. The van der Waals surface area contributed by atoms with Gasteiger partial charge >= 0.3 is 5.97 Å². The molecule has 0 radical (unpaired) electrons. The number of carbonyl (C=O) groups is 1. The molecule has 1 aromatic heterocycles. The van der Waals surface area contributed by atoms with Crippen molar-refractivity contribution in [1.82, 2.24) is 9.88 Å². The molecule has 9 heteroatoms. The number of carboxylic acid groups (broad SMARTS) is 1. The first kappa shape index (κ1) is 37.6. The third kappa shape index (κ3) is 9.36. The van der Waals surface area contributed by atoms with Crippen LogP contribution in [0.15, 0.2) is 95.7 Å². The molecule has 0 aliphatic rings. The highest BCUT2D eigenvalue weighted by molar-refractivity contribution is 9.10. The fourth-order valence-corrected chi connectivity index (χ4v) is 6.71. The van der Waals surface area contributed by atoms with Crippen LogP contribution in [0.5, 0.6) is 11.5 Å². The van der Waals surface area contributed by atoms with E-state index in [1.807, 2.05) is 12.1 Å². The van der Waals surface area contributed by atoms with Crippen LogP contribution in [0.25, 0.3) is 22.3 Å². The van der Waals surface area contributed by atoms with Gasteiger partial charge in [-0.25, -0.2) is 0 Å². The van der Waals surface area contributed by atoms with E-state index in [1.165, 1.54) is 11.8 Å². The standard InChI is InChI=1S/C42H41BrClN3O4/c1-27-33(8-6-9-34(27)36-11-7-10-35(40(36)43)31-14-12-28(13-15-31)24-47(4)5)26-51-39-20-38(50-25-30-18-29(21-45)22-46-23-30)32(19-37(39)44)16-17-42(2,3)41(48)49/h6-15,18-20,22-23H,16-17,24-26H2,1-5H3,(H,48,49). The highest BCUT2D eigenvalue weighted by atomic mass is 79.9. The zero-order chi connectivity index (χ0) is 36.7. The molecule has 0 aliphatic heterocycles. The summed E-state index contributed by atoms with van der Waals surface area (Å²) in [6.07, 6.45) is 3.95. The number of benzene rings is 4. The third-order valence-corrected chi connectivity index (χ3v) is 10.1. The van der Waals surface area contributed by atoms with Gasteiger partial charge in [0.2, 0.25) is 0 Å². The Hall–Kier alpha value is -4.68. The van der Waals surface area contributed by atoms with Gasteiger partial charge in [-0.3, -0.25) is 9.78 Å². The molecule has 1 heterocycles. The summed E-state index contributed by atoms with van der Waals surface area (Å²) in [5.41, 5.74) is 8.78. The largest absolute Gasteiger partial charge is 0.488 e.